The van der Waals surface area contributed by atoms with E-state index >= 15 is 0 Å². The van der Waals surface area contributed by atoms with Gasteiger partial charge in [0.2, 0.25) is 17.7 Å². The molecule has 0 aromatic heterocycles. The van der Waals surface area contributed by atoms with Gasteiger partial charge in [-0.1, -0.05) is 40.0 Å². The van der Waals surface area contributed by atoms with Crippen molar-refractivity contribution in [1.29, 1.82) is 0 Å². The van der Waals surface area contributed by atoms with Crippen LogP contribution in [-0.4, -0.2) is 63.4 Å². The summed E-state index contributed by atoms with van der Waals surface area (Å²) in [5.74, 6) is -2.86. The van der Waals surface area contributed by atoms with Gasteiger partial charge in [-0.05, 0) is 26.2 Å². The van der Waals surface area contributed by atoms with Crippen LogP contribution in [0.5, 0.6) is 0 Å². The second-order valence-electron chi connectivity index (χ2n) is 7.26. The first-order valence-corrected chi connectivity index (χ1v) is 11.8. The third-order valence-corrected chi connectivity index (χ3v) is 6.05. The molecular formula is C18H37N4O6P. The lowest BCUT2D eigenvalue weighted by atomic mass is 10.1. The van der Waals surface area contributed by atoms with Crippen molar-refractivity contribution in [1.82, 2.24) is 15.5 Å². The first-order valence-electron chi connectivity index (χ1n) is 10.1. The smallest absolute Gasteiger partial charge is 0.343 e. The Bertz CT molecular complexity index is 597. The minimum Gasteiger partial charge on any atom is -0.343 e. The fourth-order valence-corrected chi connectivity index (χ4v) is 3.32. The number of nitrogens with zero attached hydrogens (tertiary/aromatic N) is 1. The van der Waals surface area contributed by atoms with E-state index in [1.807, 2.05) is 20.8 Å². The molecule has 0 heterocycles. The molecule has 0 rings (SSSR count). The topological polar surface area (TPSA) is 162 Å². The molecule has 0 bridgehead atoms. The minimum atomic E-state index is -4.50. The molecule has 0 saturated carbocycles. The van der Waals surface area contributed by atoms with Gasteiger partial charge < -0.3 is 31.1 Å². The van der Waals surface area contributed by atoms with Crippen molar-refractivity contribution in [2.24, 2.45) is 5.73 Å². The zero-order valence-electron chi connectivity index (χ0n) is 18.1. The van der Waals surface area contributed by atoms with Crippen LogP contribution in [0.2, 0.25) is 0 Å². The van der Waals surface area contributed by atoms with Crippen LogP contribution in [-0.2, 0) is 18.9 Å². The molecule has 0 aliphatic rings. The van der Waals surface area contributed by atoms with E-state index in [9.17, 15) is 28.7 Å². The summed E-state index contributed by atoms with van der Waals surface area (Å²) in [5, 5.41) is 5.27. The van der Waals surface area contributed by atoms with Gasteiger partial charge in [-0.25, -0.2) is 0 Å². The number of rotatable bonds is 13. The largest absolute Gasteiger partial charge is 0.347 e. The second-order valence-corrected chi connectivity index (χ2v) is 9.19. The third-order valence-electron chi connectivity index (χ3n) is 4.73. The Balaban J connectivity index is 5.30. The predicted molar refractivity (Wildman–Crippen MR) is 111 cm³/mol. The second kappa shape index (κ2) is 13.0. The average molecular weight is 436 g/mol. The van der Waals surface area contributed by atoms with Crippen molar-refractivity contribution in [2.75, 3.05) is 7.05 Å². The molecule has 0 saturated heterocycles. The zero-order chi connectivity index (χ0) is 22.8. The number of hydrogen-bond acceptors (Lipinski definition) is 5. The summed E-state index contributed by atoms with van der Waals surface area (Å²) in [6.45, 7) is 6.84. The lowest BCUT2D eigenvalue weighted by Crippen LogP contribution is -2.56. The van der Waals surface area contributed by atoms with Crippen LogP contribution in [0.15, 0.2) is 0 Å². The fraction of sp³-hybridized carbons (Fsp3) is 0.833. The molecule has 0 fully saturated rings. The number of carbonyl (C=O) groups is 3. The highest BCUT2D eigenvalue weighted by molar-refractivity contribution is 7.52. The van der Waals surface area contributed by atoms with E-state index in [2.05, 4.69) is 10.6 Å². The zero-order valence-corrected chi connectivity index (χ0v) is 18.9. The lowest BCUT2D eigenvalue weighted by molar-refractivity contribution is -0.137. The number of nitrogens with two attached hydrogens (primary N) is 1. The Labute approximate surface area is 173 Å². The molecule has 0 aliphatic carbocycles. The summed E-state index contributed by atoms with van der Waals surface area (Å²) in [5.41, 5.74) is 5.80. The van der Waals surface area contributed by atoms with Crippen LogP contribution in [0.25, 0.3) is 0 Å². The number of nitrogens with one attached hydrogen (secondary N) is 2. The Hall–Kier alpha value is -1.48. The van der Waals surface area contributed by atoms with Gasteiger partial charge in [0, 0.05) is 7.05 Å². The van der Waals surface area contributed by atoms with Crippen molar-refractivity contribution in [2.45, 2.75) is 90.1 Å². The third kappa shape index (κ3) is 9.25. The average Bonchev–Trinajstić information content (AvgIpc) is 2.64. The molecule has 3 amide bonds. The van der Waals surface area contributed by atoms with Gasteiger partial charge in [-0.2, -0.15) is 0 Å². The molecule has 0 aromatic carbocycles. The first-order chi connectivity index (χ1) is 13.4. The molecule has 11 heteroatoms. The fourth-order valence-electron chi connectivity index (χ4n) is 2.75. The summed E-state index contributed by atoms with van der Waals surface area (Å²) in [4.78, 5) is 57.2. The van der Waals surface area contributed by atoms with Crippen LogP contribution in [0.4, 0.5) is 0 Å². The molecule has 0 spiro atoms. The van der Waals surface area contributed by atoms with Crippen LogP contribution in [0, 0.1) is 0 Å². The molecule has 0 aromatic rings. The van der Waals surface area contributed by atoms with E-state index < -0.39 is 49.2 Å². The Morgan fingerprint density at radius 3 is 1.83 bits per heavy atom. The molecule has 0 unspecified atom stereocenters. The van der Waals surface area contributed by atoms with E-state index in [1.165, 1.54) is 14.0 Å². The van der Waals surface area contributed by atoms with E-state index in [1.54, 1.807) is 0 Å². The van der Waals surface area contributed by atoms with Gasteiger partial charge in [0.1, 0.15) is 17.9 Å². The van der Waals surface area contributed by atoms with Crippen LogP contribution < -0.4 is 16.4 Å². The summed E-state index contributed by atoms with van der Waals surface area (Å²) >= 11 is 0. The molecule has 0 radical (unpaired) electrons. The number of amides is 3. The normalized spacial score (nSPS) is 15.7. The van der Waals surface area contributed by atoms with E-state index in [-0.39, 0.29) is 0 Å². The molecule has 10 nitrogen and oxygen atoms in total. The maximum Gasteiger partial charge on any atom is 0.347 e. The quantitative estimate of drug-likeness (QED) is 0.265. The van der Waals surface area contributed by atoms with Gasteiger partial charge in [0.05, 0.1) is 6.04 Å². The Kier molecular flexibility index (Phi) is 12.3. The van der Waals surface area contributed by atoms with Crippen LogP contribution >= 0.6 is 7.60 Å². The summed E-state index contributed by atoms with van der Waals surface area (Å²) in [6.07, 6.45) is 3.09. The van der Waals surface area contributed by atoms with Crippen LogP contribution in [0.1, 0.15) is 66.2 Å². The minimum absolute atomic E-state index is 0.297. The summed E-state index contributed by atoms with van der Waals surface area (Å²) in [7, 11) is -3.22. The Morgan fingerprint density at radius 2 is 1.38 bits per heavy atom. The maximum absolute atomic E-state index is 12.7. The van der Waals surface area contributed by atoms with Gasteiger partial charge in [0.25, 0.3) is 0 Å². The van der Waals surface area contributed by atoms with Gasteiger partial charge in [-0.3, -0.25) is 18.9 Å². The van der Waals surface area contributed by atoms with Gasteiger partial charge in [0.15, 0.2) is 0 Å². The molecule has 4 atom stereocenters. The highest BCUT2D eigenvalue weighted by Gasteiger charge is 2.35. The summed E-state index contributed by atoms with van der Waals surface area (Å²) < 4.78 is 11.5. The standard InChI is InChI=1S/C18H37N4O6P/c1-6-9-13(19)16(23)20-14(10-7-2)17(24)21-15(11-8-3)18(25)22(5)12(4)29(26,27)28/h12-15H,6-11,19H2,1-5H3,(H,20,23)(H,21,24)(H2,26,27,28)/t12-,13+,14+,15+/m1/s1. The van der Waals surface area contributed by atoms with Crippen molar-refractivity contribution in [3.63, 3.8) is 0 Å². The highest BCUT2D eigenvalue weighted by Crippen LogP contribution is 2.42. The molecule has 29 heavy (non-hydrogen) atoms. The van der Waals surface area contributed by atoms with E-state index in [0.717, 1.165) is 11.3 Å². The number of likely N-dealkylation sites (N-methyl/N-ethyl adjacent to an activating group) is 1. The highest BCUT2D eigenvalue weighted by atomic mass is 31.2. The monoisotopic (exact) mass is 436 g/mol. The number of hydrogen-bond donors (Lipinski definition) is 5. The van der Waals surface area contributed by atoms with Crippen LogP contribution in [0.3, 0.4) is 0 Å². The SMILES string of the molecule is CCC[C@H](NC(=O)[C@@H](N)CCC)C(=O)N[C@@H](CCC)C(=O)N(C)[C@@H](C)P(=O)(O)O. The summed E-state index contributed by atoms with van der Waals surface area (Å²) in [6, 6.07) is -2.50. The molecular weight excluding hydrogens is 399 g/mol. The van der Waals surface area contributed by atoms with Crippen molar-refractivity contribution >= 4 is 25.3 Å². The predicted octanol–water partition coefficient (Wildman–Crippen LogP) is 0.666. The Morgan fingerprint density at radius 1 is 0.931 bits per heavy atom. The van der Waals surface area contributed by atoms with Crippen molar-refractivity contribution in [3.8, 4) is 0 Å². The van der Waals surface area contributed by atoms with Gasteiger partial charge >= 0.3 is 7.60 Å². The van der Waals surface area contributed by atoms with E-state index in [4.69, 9.17) is 5.73 Å². The molecule has 0 aliphatic heterocycles. The lowest BCUT2D eigenvalue weighted by Gasteiger charge is -2.30. The van der Waals surface area contributed by atoms with E-state index in [0.29, 0.717) is 32.1 Å². The molecule has 6 N–H and O–H groups in total. The van der Waals surface area contributed by atoms with Crippen molar-refractivity contribution < 1.29 is 28.7 Å². The van der Waals surface area contributed by atoms with Crippen molar-refractivity contribution in [3.05, 3.63) is 0 Å². The first kappa shape index (κ1) is 27.5. The van der Waals surface area contributed by atoms with Gasteiger partial charge in [-0.15, -0.1) is 0 Å². The molecule has 170 valence electrons. The number of carbonyl (C=O) groups excluding carboxylic acids is 3. The maximum atomic E-state index is 12.7.